The first-order chi connectivity index (χ1) is 9.42. The highest BCUT2D eigenvalue weighted by molar-refractivity contribution is 9.10. The summed E-state index contributed by atoms with van der Waals surface area (Å²) < 4.78 is 47.0. The maximum Gasteiger partial charge on any atom is 0.392 e. The second-order valence-electron chi connectivity index (χ2n) is 4.14. The lowest BCUT2D eigenvalue weighted by Crippen LogP contribution is -2.18. The Kier molecular flexibility index (Phi) is 7.32. The van der Waals surface area contributed by atoms with Crippen LogP contribution in [0.15, 0.2) is 22.7 Å². The standard InChI is InChI=1S/C13H17BrF3NO2/c1-19-7-5-18-9-10-8-11(2-3-12(10)14)20-6-4-13(15,16)17/h2-3,8,18H,4-7,9H2,1H3. The van der Waals surface area contributed by atoms with Gasteiger partial charge >= 0.3 is 6.18 Å². The van der Waals surface area contributed by atoms with Crippen LogP contribution in [0, 0.1) is 0 Å². The van der Waals surface area contributed by atoms with Crippen LogP contribution < -0.4 is 10.1 Å². The number of hydrogen-bond acceptors (Lipinski definition) is 3. The summed E-state index contributed by atoms with van der Waals surface area (Å²) in [4.78, 5) is 0. The Morgan fingerprint density at radius 3 is 2.65 bits per heavy atom. The van der Waals surface area contributed by atoms with Gasteiger partial charge in [-0.25, -0.2) is 0 Å². The summed E-state index contributed by atoms with van der Waals surface area (Å²) >= 11 is 3.39. The Bertz CT molecular complexity index is 413. The summed E-state index contributed by atoms with van der Waals surface area (Å²) in [5, 5.41) is 3.16. The van der Waals surface area contributed by atoms with E-state index in [1.807, 2.05) is 0 Å². The Morgan fingerprint density at radius 1 is 1.25 bits per heavy atom. The van der Waals surface area contributed by atoms with Gasteiger partial charge in [-0.05, 0) is 23.8 Å². The zero-order chi connectivity index (χ0) is 15.0. The lowest BCUT2D eigenvalue weighted by Gasteiger charge is -2.11. The molecule has 7 heteroatoms. The predicted molar refractivity (Wildman–Crippen MR) is 73.9 cm³/mol. The molecule has 0 aromatic heterocycles. The molecule has 0 atom stereocenters. The van der Waals surface area contributed by atoms with Crippen LogP contribution in [0.5, 0.6) is 5.75 Å². The van der Waals surface area contributed by atoms with E-state index in [1.54, 1.807) is 25.3 Å². The number of alkyl halides is 3. The van der Waals surface area contributed by atoms with E-state index >= 15 is 0 Å². The molecule has 0 amide bonds. The van der Waals surface area contributed by atoms with E-state index in [4.69, 9.17) is 9.47 Å². The zero-order valence-electron chi connectivity index (χ0n) is 11.1. The molecule has 1 rings (SSSR count). The van der Waals surface area contributed by atoms with Gasteiger partial charge in [0, 0.05) is 24.7 Å². The number of halogens is 4. The third kappa shape index (κ3) is 7.12. The molecule has 0 saturated heterocycles. The van der Waals surface area contributed by atoms with Crippen molar-refractivity contribution >= 4 is 15.9 Å². The van der Waals surface area contributed by atoms with Crippen molar-refractivity contribution in [2.75, 3.05) is 26.9 Å². The Labute approximate surface area is 124 Å². The molecule has 0 spiro atoms. The van der Waals surface area contributed by atoms with Gasteiger partial charge in [0.15, 0.2) is 0 Å². The molecule has 1 aromatic rings. The maximum atomic E-state index is 12.0. The number of hydrogen-bond donors (Lipinski definition) is 1. The van der Waals surface area contributed by atoms with Crippen LogP contribution in [0.4, 0.5) is 13.2 Å². The minimum absolute atomic E-state index is 0.373. The minimum atomic E-state index is -4.19. The monoisotopic (exact) mass is 355 g/mol. The van der Waals surface area contributed by atoms with E-state index in [-0.39, 0.29) is 6.61 Å². The van der Waals surface area contributed by atoms with Gasteiger partial charge < -0.3 is 14.8 Å². The molecule has 0 unspecified atom stereocenters. The maximum absolute atomic E-state index is 12.0. The van der Waals surface area contributed by atoms with E-state index in [9.17, 15) is 13.2 Å². The highest BCUT2D eigenvalue weighted by Gasteiger charge is 2.26. The molecule has 0 heterocycles. The minimum Gasteiger partial charge on any atom is -0.493 e. The van der Waals surface area contributed by atoms with Gasteiger partial charge in [0.25, 0.3) is 0 Å². The molecular weight excluding hydrogens is 339 g/mol. The summed E-state index contributed by atoms with van der Waals surface area (Å²) in [7, 11) is 1.62. The van der Waals surface area contributed by atoms with Crippen molar-refractivity contribution in [1.82, 2.24) is 5.32 Å². The van der Waals surface area contributed by atoms with Gasteiger partial charge in [0.2, 0.25) is 0 Å². The van der Waals surface area contributed by atoms with Crippen LogP contribution in [-0.2, 0) is 11.3 Å². The topological polar surface area (TPSA) is 30.5 Å². The summed E-state index contributed by atoms with van der Waals surface area (Å²) in [5.74, 6) is 0.431. The molecule has 1 aromatic carbocycles. The third-order valence-corrected chi connectivity index (χ3v) is 3.24. The summed E-state index contributed by atoms with van der Waals surface area (Å²) in [6.07, 6.45) is -5.15. The summed E-state index contributed by atoms with van der Waals surface area (Å²) in [5.41, 5.74) is 0.922. The van der Waals surface area contributed by atoms with E-state index < -0.39 is 12.6 Å². The van der Waals surface area contributed by atoms with Gasteiger partial charge in [-0.1, -0.05) is 15.9 Å². The van der Waals surface area contributed by atoms with Crippen LogP contribution in [-0.4, -0.2) is 33.0 Å². The second kappa shape index (κ2) is 8.49. The molecule has 3 nitrogen and oxygen atoms in total. The molecule has 0 bridgehead atoms. The Morgan fingerprint density at radius 2 is 2.00 bits per heavy atom. The fourth-order valence-electron chi connectivity index (χ4n) is 1.46. The second-order valence-corrected chi connectivity index (χ2v) is 4.99. The molecule has 0 radical (unpaired) electrons. The van der Waals surface area contributed by atoms with E-state index in [0.29, 0.717) is 25.4 Å². The molecule has 1 N–H and O–H groups in total. The molecular formula is C13H17BrF3NO2. The zero-order valence-corrected chi connectivity index (χ0v) is 12.7. The van der Waals surface area contributed by atoms with Crippen molar-refractivity contribution in [2.45, 2.75) is 19.1 Å². The number of benzene rings is 1. The Balaban J connectivity index is 2.48. The molecule has 114 valence electrons. The molecule has 0 fully saturated rings. The van der Waals surface area contributed by atoms with Crippen LogP contribution in [0.1, 0.15) is 12.0 Å². The largest absolute Gasteiger partial charge is 0.493 e. The van der Waals surface area contributed by atoms with Crippen LogP contribution in [0.3, 0.4) is 0 Å². The summed E-state index contributed by atoms with van der Waals surface area (Å²) in [6.45, 7) is 1.50. The van der Waals surface area contributed by atoms with E-state index in [1.165, 1.54) is 0 Å². The van der Waals surface area contributed by atoms with Crippen molar-refractivity contribution in [3.8, 4) is 5.75 Å². The van der Waals surface area contributed by atoms with E-state index in [2.05, 4.69) is 21.2 Å². The van der Waals surface area contributed by atoms with Gasteiger partial charge in [0.05, 0.1) is 19.6 Å². The first kappa shape index (κ1) is 17.3. The average molecular weight is 356 g/mol. The number of nitrogens with one attached hydrogen (secondary N) is 1. The summed E-state index contributed by atoms with van der Waals surface area (Å²) in [6, 6.07) is 5.12. The molecule has 0 aliphatic rings. The number of rotatable bonds is 8. The van der Waals surface area contributed by atoms with Gasteiger partial charge in [0.1, 0.15) is 5.75 Å². The van der Waals surface area contributed by atoms with Gasteiger partial charge in [-0.15, -0.1) is 0 Å². The smallest absolute Gasteiger partial charge is 0.392 e. The van der Waals surface area contributed by atoms with Crippen LogP contribution in [0.25, 0.3) is 0 Å². The van der Waals surface area contributed by atoms with E-state index in [0.717, 1.165) is 10.0 Å². The number of ether oxygens (including phenoxy) is 2. The fraction of sp³-hybridized carbons (Fsp3) is 0.538. The lowest BCUT2D eigenvalue weighted by atomic mass is 10.2. The van der Waals surface area contributed by atoms with Crippen molar-refractivity contribution in [2.24, 2.45) is 0 Å². The van der Waals surface area contributed by atoms with Crippen LogP contribution in [0.2, 0.25) is 0 Å². The van der Waals surface area contributed by atoms with Crippen molar-refractivity contribution in [1.29, 1.82) is 0 Å². The predicted octanol–water partition coefficient (Wildman–Crippen LogP) is 3.52. The van der Waals surface area contributed by atoms with Crippen molar-refractivity contribution < 1.29 is 22.6 Å². The van der Waals surface area contributed by atoms with Gasteiger partial charge in [-0.2, -0.15) is 13.2 Å². The molecule has 0 saturated carbocycles. The fourth-order valence-corrected chi connectivity index (χ4v) is 1.85. The SMILES string of the molecule is COCCNCc1cc(OCCC(F)(F)F)ccc1Br. The van der Waals surface area contributed by atoms with Crippen LogP contribution >= 0.6 is 15.9 Å². The highest BCUT2D eigenvalue weighted by Crippen LogP contribution is 2.24. The Hall–Kier alpha value is -0.790. The number of methoxy groups -OCH3 is 1. The third-order valence-electron chi connectivity index (χ3n) is 2.47. The lowest BCUT2D eigenvalue weighted by molar-refractivity contribution is -0.139. The molecule has 20 heavy (non-hydrogen) atoms. The van der Waals surface area contributed by atoms with Crippen molar-refractivity contribution in [3.05, 3.63) is 28.2 Å². The van der Waals surface area contributed by atoms with Crippen molar-refractivity contribution in [3.63, 3.8) is 0 Å². The first-order valence-electron chi connectivity index (χ1n) is 6.10. The average Bonchev–Trinajstić information content (AvgIpc) is 2.36. The highest BCUT2D eigenvalue weighted by atomic mass is 79.9. The normalized spacial score (nSPS) is 11.7. The van der Waals surface area contributed by atoms with Gasteiger partial charge in [-0.3, -0.25) is 0 Å². The molecule has 0 aliphatic heterocycles. The quantitative estimate of drug-likeness (QED) is 0.723. The first-order valence-corrected chi connectivity index (χ1v) is 6.89. The molecule has 0 aliphatic carbocycles.